The third-order valence-corrected chi connectivity index (χ3v) is 5.67. The van der Waals surface area contributed by atoms with Crippen molar-refractivity contribution < 1.29 is 0 Å². The average molecular weight is 373 g/mol. The van der Waals surface area contributed by atoms with Gasteiger partial charge in [0.05, 0.1) is 15.7 Å². The molecular formula is C18H17BrN2S. The molecule has 3 aromatic rings. The van der Waals surface area contributed by atoms with Crippen LogP contribution in [0.1, 0.15) is 16.7 Å². The van der Waals surface area contributed by atoms with E-state index in [9.17, 15) is 0 Å². The monoisotopic (exact) mass is 372 g/mol. The summed E-state index contributed by atoms with van der Waals surface area (Å²) in [6.07, 6.45) is 2.27. The lowest BCUT2D eigenvalue weighted by molar-refractivity contribution is 0.279. The van der Waals surface area contributed by atoms with E-state index in [4.69, 9.17) is 0 Å². The Bertz CT molecular complexity index is 812. The molecule has 1 aliphatic rings. The maximum Gasteiger partial charge on any atom is 0.0815 e. The Hall–Kier alpha value is -1.23. The highest BCUT2D eigenvalue weighted by atomic mass is 79.9. The highest BCUT2D eigenvalue weighted by molar-refractivity contribution is 9.10. The van der Waals surface area contributed by atoms with E-state index in [0.29, 0.717) is 0 Å². The van der Waals surface area contributed by atoms with Gasteiger partial charge in [-0.3, -0.25) is 4.90 Å². The van der Waals surface area contributed by atoms with Crippen LogP contribution < -0.4 is 0 Å². The standard InChI is InChI=1S/C18H17BrN2S/c19-16-3-2-14-5-7-21(8-6-15(14)10-16)11-13-1-4-18-17(9-13)20-12-22-18/h1-4,9-10,12H,5-8,11H2. The lowest BCUT2D eigenvalue weighted by Crippen LogP contribution is -2.25. The maximum absolute atomic E-state index is 4.43. The summed E-state index contributed by atoms with van der Waals surface area (Å²) in [6.45, 7) is 3.27. The van der Waals surface area contributed by atoms with Crippen LogP contribution in [0.2, 0.25) is 0 Å². The Labute approximate surface area is 142 Å². The molecule has 0 unspecified atom stereocenters. The largest absolute Gasteiger partial charge is 0.298 e. The summed E-state index contributed by atoms with van der Waals surface area (Å²) in [5.41, 5.74) is 7.41. The predicted molar refractivity (Wildman–Crippen MR) is 96.4 cm³/mol. The smallest absolute Gasteiger partial charge is 0.0815 e. The number of rotatable bonds is 2. The number of aromatic nitrogens is 1. The third-order valence-electron chi connectivity index (χ3n) is 4.36. The van der Waals surface area contributed by atoms with Crippen LogP contribution in [0, 0.1) is 0 Å². The Morgan fingerprint density at radius 1 is 1.05 bits per heavy atom. The van der Waals surface area contributed by atoms with Crippen molar-refractivity contribution in [1.29, 1.82) is 0 Å². The van der Waals surface area contributed by atoms with Crippen molar-refractivity contribution in [2.75, 3.05) is 13.1 Å². The number of halogens is 1. The number of fused-ring (bicyclic) bond motifs is 2. The topological polar surface area (TPSA) is 16.1 Å². The second kappa shape index (κ2) is 6.11. The van der Waals surface area contributed by atoms with Gasteiger partial charge in [-0.15, -0.1) is 11.3 Å². The zero-order valence-electron chi connectivity index (χ0n) is 12.3. The zero-order valence-corrected chi connectivity index (χ0v) is 14.7. The van der Waals surface area contributed by atoms with E-state index < -0.39 is 0 Å². The molecule has 4 rings (SSSR count). The molecule has 0 atom stereocenters. The first-order chi connectivity index (χ1) is 10.8. The lowest BCUT2D eigenvalue weighted by atomic mass is 10.0. The molecule has 0 amide bonds. The normalized spacial score (nSPS) is 15.7. The van der Waals surface area contributed by atoms with Gasteiger partial charge in [0, 0.05) is 24.1 Å². The molecule has 2 nitrogen and oxygen atoms in total. The Balaban J connectivity index is 1.50. The summed E-state index contributed by atoms with van der Waals surface area (Å²) >= 11 is 5.29. The van der Waals surface area contributed by atoms with Gasteiger partial charge in [0.25, 0.3) is 0 Å². The van der Waals surface area contributed by atoms with Crippen LogP contribution in [0.3, 0.4) is 0 Å². The molecule has 0 N–H and O–H groups in total. The summed E-state index contributed by atoms with van der Waals surface area (Å²) in [7, 11) is 0. The number of thiazole rings is 1. The number of benzene rings is 2. The molecule has 0 saturated carbocycles. The van der Waals surface area contributed by atoms with Gasteiger partial charge >= 0.3 is 0 Å². The van der Waals surface area contributed by atoms with Crippen LogP contribution in [0.25, 0.3) is 10.2 Å². The van der Waals surface area contributed by atoms with Crippen molar-refractivity contribution in [2.45, 2.75) is 19.4 Å². The van der Waals surface area contributed by atoms with Gasteiger partial charge in [-0.1, -0.05) is 28.1 Å². The second-order valence-electron chi connectivity index (χ2n) is 5.84. The van der Waals surface area contributed by atoms with Crippen LogP contribution in [-0.2, 0) is 19.4 Å². The second-order valence-corrected chi connectivity index (χ2v) is 7.65. The van der Waals surface area contributed by atoms with Gasteiger partial charge in [-0.2, -0.15) is 0 Å². The fourth-order valence-corrected chi connectivity index (χ4v) is 4.23. The maximum atomic E-state index is 4.43. The highest BCUT2D eigenvalue weighted by Crippen LogP contribution is 2.23. The molecule has 2 heterocycles. The van der Waals surface area contributed by atoms with E-state index in [0.717, 1.165) is 38.0 Å². The molecule has 0 spiro atoms. The van der Waals surface area contributed by atoms with Gasteiger partial charge in [-0.05, 0) is 53.8 Å². The van der Waals surface area contributed by atoms with Crippen LogP contribution in [0.4, 0.5) is 0 Å². The summed E-state index contributed by atoms with van der Waals surface area (Å²) < 4.78 is 2.46. The zero-order chi connectivity index (χ0) is 14.9. The van der Waals surface area contributed by atoms with E-state index >= 15 is 0 Å². The quantitative estimate of drug-likeness (QED) is 0.650. The lowest BCUT2D eigenvalue weighted by Gasteiger charge is -2.19. The first-order valence-electron chi connectivity index (χ1n) is 7.60. The third kappa shape index (κ3) is 2.96. The minimum Gasteiger partial charge on any atom is -0.298 e. The molecule has 22 heavy (non-hydrogen) atoms. The van der Waals surface area contributed by atoms with E-state index in [1.54, 1.807) is 11.3 Å². The van der Waals surface area contributed by atoms with Crippen LogP contribution >= 0.6 is 27.3 Å². The van der Waals surface area contributed by atoms with Crippen molar-refractivity contribution in [3.63, 3.8) is 0 Å². The molecule has 0 aliphatic carbocycles. The summed E-state index contributed by atoms with van der Waals surface area (Å²) in [6, 6.07) is 13.4. The molecule has 1 aromatic heterocycles. The van der Waals surface area contributed by atoms with E-state index in [1.165, 1.54) is 25.9 Å². The minimum atomic E-state index is 1.02. The fraction of sp³-hybridized carbons (Fsp3) is 0.278. The molecular weight excluding hydrogens is 356 g/mol. The number of nitrogens with zero attached hydrogens (tertiary/aromatic N) is 2. The fourth-order valence-electron chi connectivity index (χ4n) is 3.16. The van der Waals surface area contributed by atoms with Crippen molar-refractivity contribution >= 4 is 37.5 Å². The van der Waals surface area contributed by atoms with Gasteiger partial charge in [0.1, 0.15) is 0 Å². The van der Waals surface area contributed by atoms with E-state index in [-0.39, 0.29) is 0 Å². The molecule has 0 saturated heterocycles. The van der Waals surface area contributed by atoms with Gasteiger partial charge in [-0.25, -0.2) is 4.98 Å². The Morgan fingerprint density at radius 3 is 2.82 bits per heavy atom. The molecule has 0 fully saturated rings. The molecule has 4 heteroatoms. The summed E-state index contributed by atoms with van der Waals surface area (Å²) in [5.74, 6) is 0. The molecule has 112 valence electrons. The van der Waals surface area contributed by atoms with Crippen molar-refractivity contribution in [3.05, 3.63) is 63.1 Å². The summed E-state index contributed by atoms with van der Waals surface area (Å²) in [4.78, 5) is 6.98. The summed E-state index contributed by atoms with van der Waals surface area (Å²) in [5, 5.41) is 0. The van der Waals surface area contributed by atoms with Crippen molar-refractivity contribution in [1.82, 2.24) is 9.88 Å². The highest BCUT2D eigenvalue weighted by Gasteiger charge is 2.14. The Morgan fingerprint density at radius 2 is 1.91 bits per heavy atom. The molecule has 0 radical (unpaired) electrons. The van der Waals surface area contributed by atoms with Gasteiger partial charge in [0.15, 0.2) is 0 Å². The minimum absolute atomic E-state index is 1.02. The van der Waals surface area contributed by atoms with E-state index in [1.807, 2.05) is 5.51 Å². The predicted octanol–water partition coefficient (Wildman–Crippen LogP) is 4.66. The molecule has 0 bridgehead atoms. The number of hydrogen-bond acceptors (Lipinski definition) is 3. The molecule has 2 aromatic carbocycles. The first kappa shape index (κ1) is 14.4. The average Bonchev–Trinajstić information content (AvgIpc) is 2.90. The van der Waals surface area contributed by atoms with Crippen LogP contribution in [-0.4, -0.2) is 23.0 Å². The van der Waals surface area contributed by atoms with Gasteiger partial charge in [0.2, 0.25) is 0 Å². The van der Waals surface area contributed by atoms with E-state index in [2.05, 4.69) is 62.2 Å². The van der Waals surface area contributed by atoms with Crippen LogP contribution in [0.5, 0.6) is 0 Å². The SMILES string of the molecule is Brc1ccc2c(c1)CCN(Cc1ccc3scnc3c1)CC2. The Kier molecular flexibility index (Phi) is 3.99. The van der Waals surface area contributed by atoms with Crippen LogP contribution in [0.15, 0.2) is 46.4 Å². The molecule has 1 aliphatic heterocycles. The number of hydrogen-bond donors (Lipinski definition) is 0. The van der Waals surface area contributed by atoms with Crippen molar-refractivity contribution in [3.8, 4) is 0 Å². The van der Waals surface area contributed by atoms with Crippen molar-refractivity contribution in [2.24, 2.45) is 0 Å². The van der Waals surface area contributed by atoms with Gasteiger partial charge < -0.3 is 0 Å². The first-order valence-corrected chi connectivity index (χ1v) is 9.27.